The standard InChI is InChI=1S/C10H18N2O3/c1-7(11)10(15)12(6-9(13)14)8-4-2-3-5-8/h7-8H,2-6,11H2,1H3,(H,13,14)/t7-/m1/s1. The highest BCUT2D eigenvalue weighted by molar-refractivity contribution is 5.85. The Balaban J connectivity index is 2.67. The summed E-state index contributed by atoms with van der Waals surface area (Å²) in [5.74, 6) is -1.24. The Labute approximate surface area is 89.2 Å². The molecule has 0 aromatic heterocycles. The summed E-state index contributed by atoms with van der Waals surface area (Å²) in [6, 6.07) is -0.551. The Morgan fingerprint density at radius 3 is 2.40 bits per heavy atom. The number of carbonyl (C=O) groups is 2. The Kier molecular flexibility index (Phi) is 4.08. The molecule has 0 spiro atoms. The van der Waals surface area contributed by atoms with Crippen molar-refractivity contribution in [2.45, 2.75) is 44.7 Å². The van der Waals surface area contributed by atoms with E-state index in [-0.39, 0.29) is 18.5 Å². The Morgan fingerprint density at radius 2 is 2.00 bits per heavy atom. The zero-order chi connectivity index (χ0) is 11.4. The van der Waals surface area contributed by atoms with Crippen LogP contribution in [0.5, 0.6) is 0 Å². The summed E-state index contributed by atoms with van der Waals surface area (Å²) >= 11 is 0. The van der Waals surface area contributed by atoms with Gasteiger partial charge in [0.15, 0.2) is 0 Å². The van der Waals surface area contributed by atoms with Crippen molar-refractivity contribution in [2.24, 2.45) is 5.73 Å². The van der Waals surface area contributed by atoms with E-state index in [0.717, 1.165) is 25.7 Å². The molecular formula is C10H18N2O3. The van der Waals surface area contributed by atoms with Crippen LogP contribution in [0.1, 0.15) is 32.6 Å². The van der Waals surface area contributed by atoms with Crippen molar-refractivity contribution in [3.05, 3.63) is 0 Å². The number of amides is 1. The first kappa shape index (κ1) is 12.0. The summed E-state index contributed by atoms with van der Waals surface area (Å²) < 4.78 is 0. The van der Waals surface area contributed by atoms with Crippen molar-refractivity contribution in [1.82, 2.24) is 4.90 Å². The van der Waals surface area contributed by atoms with E-state index in [0.29, 0.717) is 0 Å². The number of carbonyl (C=O) groups excluding carboxylic acids is 1. The molecule has 1 atom stereocenters. The monoisotopic (exact) mass is 214 g/mol. The second-order valence-corrected chi connectivity index (χ2v) is 4.09. The van der Waals surface area contributed by atoms with Crippen LogP contribution in [0, 0.1) is 0 Å². The van der Waals surface area contributed by atoms with Crippen LogP contribution < -0.4 is 5.73 Å². The van der Waals surface area contributed by atoms with E-state index >= 15 is 0 Å². The van der Waals surface area contributed by atoms with Gasteiger partial charge in [-0.1, -0.05) is 12.8 Å². The molecule has 86 valence electrons. The third kappa shape index (κ3) is 3.20. The molecule has 1 aliphatic rings. The van der Waals surface area contributed by atoms with Crippen molar-refractivity contribution in [3.8, 4) is 0 Å². The fourth-order valence-electron chi connectivity index (χ4n) is 2.01. The Hall–Kier alpha value is -1.10. The van der Waals surface area contributed by atoms with Crippen LogP contribution in [0.25, 0.3) is 0 Å². The zero-order valence-electron chi connectivity index (χ0n) is 8.98. The molecular weight excluding hydrogens is 196 g/mol. The fourth-order valence-corrected chi connectivity index (χ4v) is 2.01. The van der Waals surface area contributed by atoms with Crippen LogP contribution in [0.3, 0.4) is 0 Å². The van der Waals surface area contributed by atoms with E-state index in [1.165, 1.54) is 4.90 Å². The van der Waals surface area contributed by atoms with Crippen LogP contribution >= 0.6 is 0 Å². The highest BCUT2D eigenvalue weighted by Crippen LogP contribution is 2.23. The van der Waals surface area contributed by atoms with Gasteiger partial charge in [0, 0.05) is 6.04 Å². The second kappa shape index (κ2) is 5.11. The van der Waals surface area contributed by atoms with Crippen LogP contribution in [0.15, 0.2) is 0 Å². The third-order valence-corrected chi connectivity index (χ3v) is 2.74. The van der Waals surface area contributed by atoms with Crippen LogP contribution in [0.4, 0.5) is 0 Å². The summed E-state index contributed by atoms with van der Waals surface area (Å²) in [6.45, 7) is 1.36. The summed E-state index contributed by atoms with van der Waals surface area (Å²) in [5.41, 5.74) is 5.50. The minimum atomic E-state index is -0.976. The molecule has 1 rings (SSSR count). The number of nitrogens with zero attached hydrogens (tertiary/aromatic N) is 1. The number of aliphatic carboxylic acids is 1. The van der Waals surface area contributed by atoms with Crippen LogP contribution in [0.2, 0.25) is 0 Å². The quantitative estimate of drug-likeness (QED) is 0.699. The minimum Gasteiger partial charge on any atom is -0.480 e. The van der Waals surface area contributed by atoms with E-state index in [9.17, 15) is 9.59 Å². The average molecular weight is 214 g/mol. The van der Waals surface area contributed by atoms with Gasteiger partial charge in [-0.05, 0) is 19.8 Å². The maximum absolute atomic E-state index is 11.7. The second-order valence-electron chi connectivity index (χ2n) is 4.09. The zero-order valence-corrected chi connectivity index (χ0v) is 8.98. The lowest BCUT2D eigenvalue weighted by Crippen LogP contribution is -2.48. The molecule has 5 heteroatoms. The van der Waals surface area contributed by atoms with Gasteiger partial charge in [0.25, 0.3) is 0 Å². The minimum absolute atomic E-state index is 0.0691. The average Bonchev–Trinajstić information content (AvgIpc) is 2.65. The van der Waals surface area contributed by atoms with Gasteiger partial charge in [-0.2, -0.15) is 0 Å². The molecule has 0 bridgehead atoms. The lowest BCUT2D eigenvalue weighted by Gasteiger charge is -2.28. The number of rotatable bonds is 4. The van der Waals surface area contributed by atoms with Crippen LogP contribution in [-0.4, -0.2) is 40.5 Å². The normalized spacial score (nSPS) is 18.8. The Bertz CT molecular complexity index is 247. The van der Waals surface area contributed by atoms with Crippen molar-refractivity contribution in [3.63, 3.8) is 0 Å². The topological polar surface area (TPSA) is 83.6 Å². The maximum Gasteiger partial charge on any atom is 0.323 e. The van der Waals surface area contributed by atoms with Gasteiger partial charge in [0.1, 0.15) is 6.54 Å². The van der Waals surface area contributed by atoms with Gasteiger partial charge in [-0.15, -0.1) is 0 Å². The molecule has 0 radical (unpaired) electrons. The molecule has 0 aliphatic heterocycles. The summed E-state index contributed by atoms with van der Waals surface area (Å²) in [5, 5.41) is 8.74. The van der Waals surface area contributed by atoms with E-state index in [1.54, 1.807) is 6.92 Å². The molecule has 0 saturated heterocycles. The molecule has 5 nitrogen and oxygen atoms in total. The van der Waals surface area contributed by atoms with Gasteiger partial charge in [-0.3, -0.25) is 9.59 Å². The van der Waals surface area contributed by atoms with E-state index < -0.39 is 12.0 Å². The summed E-state index contributed by atoms with van der Waals surface area (Å²) in [7, 11) is 0. The molecule has 3 N–H and O–H groups in total. The lowest BCUT2D eigenvalue weighted by atomic mass is 10.2. The lowest BCUT2D eigenvalue weighted by molar-refractivity contribution is -0.146. The van der Waals surface area contributed by atoms with Crippen molar-refractivity contribution in [1.29, 1.82) is 0 Å². The number of hydrogen-bond donors (Lipinski definition) is 2. The molecule has 1 saturated carbocycles. The van der Waals surface area contributed by atoms with Crippen molar-refractivity contribution >= 4 is 11.9 Å². The number of carboxylic acid groups (broad SMARTS) is 1. The molecule has 15 heavy (non-hydrogen) atoms. The Morgan fingerprint density at radius 1 is 1.47 bits per heavy atom. The summed E-state index contributed by atoms with van der Waals surface area (Å²) in [4.78, 5) is 23.8. The van der Waals surface area contributed by atoms with Gasteiger partial charge < -0.3 is 15.7 Å². The predicted octanol–water partition coefficient (Wildman–Crippen LogP) is 0.189. The highest BCUT2D eigenvalue weighted by atomic mass is 16.4. The SMILES string of the molecule is C[C@@H](N)C(=O)N(CC(=O)O)C1CCCC1. The molecule has 1 aliphatic carbocycles. The predicted molar refractivity (Wildman–Crippen MR) is 55.3 cm³/mol. The molecule has 0 heterocycles. The first-order valence-corrected chi connectivity index (χ1v) is 5.30. The molecule has 0 aromatic carbocycles. The molecule has 0 aromatic rings. The summed E-state index contributed by atoms with van der Waals surface area (Å²) in [6.07, 6.45) is 3.91. The first-order chi connectivity index (χ1) is 7.02. The molecule has 1 amide bonds. The highest BCUT2D eigenvalue weighted by Gasteiger charge is 2.29. The molecule has 0 unspecified atom stereocenters. The van der Waals surface area contributed by atoms with Crippen LogP contribution in [-0.2, 0) is 9.59 Å². The van der Waals surface area contributed by atoms with Crippen molar-refractivity contribution < 1.29 is 14.7 Å². The van der Waals surface area contributed by atoms with Crippen molar-refractivity contribution in [2.75, 3.05) is 6.54 Å². The fraction of sp³-hybridized carbons (Fsp3) is 0.800. The number of hydrogen-bond acceptors (Lipinski definition) is 3. The van der Waals surface area contributed by atoms with Gasteiger partial charge in [0.2, 0.25) is 5.91 Å². The maximum atomic E-state index is 11.7. The first-order valence-electron chi connectivity index (χ1n) is 5.30. The van der Waals surface area contributed by atoms with E-state index in [4.69, 9.17) is 10.8 Å². The van der Waals surface area contributed by atoms with E-state index in [2.05, 4.69) is 0 Å². The smallest absolute Gasteiger partial charge is 0.323 e. The largest absolute Gasteiger partial charge is 0.480 e. The molecule has 1 fully saturated rings. The van der Waals surface area contributed by atoms with E-state index in [1.807, 2.05) is 0 Å². The number of nitrogens with two attached hydrogens (primary N) is 1. The number of carboxylic acids is 1. The van der Waals surface area contributed by atoms with Gasteiger partial charge >= 0.3 is 5.97 Å². The van der Waals surface area contributed by atoms with Gasteiger partial charge in [-0.25, -0.2) is 0 Å². The third-order valence-electron chi connectivity index (χ3n) is 2.74. The van der Waals surface area contributed by atoms with Gasteiger partial charge in [0.05, 0.1) is 6.04 Å².